The van der Waals surface area contributed by atoms with Gasteiger partial charge >= 0.3 is 0 Å². The number of methoxy groups -OCH3 is 1. The molecule has 9 heteroatoms. The number of benzene rings is 1. The number of morpholine rings is 1. The third kappa shape index (κ3) is 5.15. The highest BCUT2D eigenvalue weighted by atomic mass is 32.2. The van der Waals surface area contributed by atoms with Gasteiger partial charge in [0.15, 0.2) is 6.54 Å². The van der Waals surface area contributed by atoms with E-state index in [1.807, 2.05) is 19.2 Å². The van der Waals surface area contributed by atoms with Crippen molar-refractivity contribution < 1.29 is 28.0 Å². The molecular weight excluding hydrogens is 346 g/mol. The molecule has 1 aliphatic heterocycles. The molecule has 8 nitrogen and oxygen atoms in total. The van der Waals surface area contributed by atoms with Crippen molar-refractivity contribution in [1.82, 2.24) is 4.31 Å². The molecule has 0 atom stereocenters. The van der Waals surface area contributed by atoms with Crippen LogP contribution < -0.4 is 15.4 Å². The summed E-state index contributed by atoms with van der Waals surface area (Å²) in [5.41, 5.74) is 0.426. The molecular formula is C16H26N3O5S+. The first-order valence-electron chi connectivity index (χ1n) is 8.23. The molecule has 0 unspecified atom stereocenters. The fourth-order valence-electron chi connectivity index (χ4n) is 2.44. The van der Waals surface area contributed by atoms with Crippen molar-refractivity contribution in [2.45, 2.75) is 24.8 Å². The van der Waals surface area contributed by atoms with Gasteiger partial charge in [-0.3, -0.25) is 4.79 Å². The standard InChI is InChI=1S/C16H25N3O5S/c1-12(2)17-11-16(20)18-13-4-5-14(23-3)15(10-13)25(21,22)19-6-8-24-9-7-19/h4-5,10,12,17H,6-9,11H2,1-3H3,(H,18,20)/p+1. The zero-order valence-electron chi connectivity index (χ0n) is 14.8. The summed E-state index contributed by atoms with van der Waals surface area (Å²) < 4.78 is 37.6. The minimum Gasteiger partial charge on any atom is -0.495 e. The van der Waals surface area contributed by atoms with Crippen molar-refractivity contribution in [3.63, 3.8) is 0 Å². The Balaban J connectivity index is 2.23. The van der Waals surface area contributed by atoms with Gasteiger partial charge in [-0.1, -0.05) is 0 Å². The molecule has 1 aliphatic rings. The molecule has 2 rings (SSSR count). The maximum Gasteiger partial charge on any atom is 0.279 e. The summed E-state index contributed by atoms with van der Waals surface area (Å²) in [4.78, 5) is 12.0. The smallest absolute Gasteiger partial charge is 0.279 e. The van der Waals surface area contributed by atoms with E-state index in [-0.39, 0.29) is 23.1 Å². The highest BCUT2D eigenvalue weighted by Gasteiger charge is 2.29. The van der Waals surface area contributed by atoms with E-state index in [1.165, 1.54) is 17.5 Å². The number of rotatable bonds is 7. The number of nitrogens with zero attached hydrogens (tertiary/aromatic N) is 1. The van der Waals surface area contributed by atoms with Crippen LogP contribution in [-0.2, 0) is 19.6 Å². The van der Waals surface area contributed by atoms with Gasteiger partial charge in [0.05, 0.1) is 26.4 Å². The van der Waals surface area contributed by atoms with Gasteiger partial charge in [-0.15, -0.1) is 0 Å². The lowest BCUT2D eigenvalue weighted by Gasteiger charge is -2.26. The summed E-state index contributed by atoms with van der Waals surface area (Å²) in [5, 5.41) is 4.62. The molecule has 0 aromatic heterocycles. The SMILES string of the molecule is COc1ccc(NC(=O)C[NH2+]C(C)C)cc1S(=O)(=O)N1CCOCC1. The van der Waals surface area contributed by atoms with Crippen LogP contribution in [0.15, 0.2) is 23.1 Å². The summed E-state index contributed by atoms with van der Waals surface area (Å²) in [7, 11) is -2.30. The highest BCUT2D eigenvalue weighted by molar-refractivity contribution is 7.89. The second kappa shape index (κ2) is 8.61. The van der Waals surface area contributed by atoms with Gasteiger partial charge in [0.2, 0.25) is 10.0 Å². The van der Waals surface area contributed by atoms with Crippen LogP contribution in [0, 0.1) is 0 Å². The van der Waals surface area contributed by atoms with Crippen LogP contribution in [0.1, 0.15) is 13.8 Å². The van der Waals surface area contributed by atoms with E-state index in [4.69, 9.17) is 9.47 Å². The molecule has 1 aromatic rings. The molecule has 0 bridgehead atoms. The minimum atomic E-state index is -3.72. The summed E-state index contributed by atoms with van der Waals surface area (Å²) in [5.74, 6) is 0.0619. The second-order valence-corrected chi connectivity index (χ2v) is 8.02. The van der Waals surface area contributed by atoms with Gasteiger partial charge in [-0.25, -0.2) is 8.42 Å². The lowest BCUT2D eigenvalue weighted by atomic mass is 10.3. The Labute approximate surface area is 148 Å². The minimum absolute atomic E-state index is 0.0440. The fourth-order valence-corrected chi connectivity index (χ4v) is 4.03. The summed E-state index contributed by atoms with van der Waals surface area (Å²) >= 11 is 0. The second-order valence-electron chi connectivity index (χ2n) is 6.11. The number of amides is 1. The van der Waals surface area contributed by atoms with Crippen molar-refractivity contribution >= 4 is 21.6 Å². The number of hydrogen-bond acceptors (Lipinski definition) is 5. The number of quaternary nitrogens is 1. The number of sulfonamides is 1. The van der Waals surface area contributed by atoms with E-state index in [1.54, 1.807) is 12.1 Å². The molecule has 1 saturated heterocycles. The molecule has 0 aliphatic carbocycles. The Morgan fingerprint density at radius 3 is 2.64 bits per heavy atom. The predicted molar refractivity (Wildman–Crippen MR) is 93.1 cm³/mol. The van der Waals surface area contributed by atoms with Crippen LogP contribution in [0.3, 0.4) is 0 Å². The molecule has 25 heavy (non-hydrogen) atoms. The molecule has 140 valence electrons. The van der Waals surface area contributed by atoms with Crippen LogP contribution in [0.2, 0.25) is 0 Å². The van der Waals surface area contributed by atoms with Crippen LogP contribution in [0.4, 0.5) is 5.69 Å². The van der Waals surface area contributed by atoms with Crippen LogP contribution in [-0.4, -0.2) is 64.6 Å². The molecule has 1 heterocycles. The first-order chi connectivity index (χ1) is 11.8. The van der Waals surface area contributed by atoms with E-state index in [2.05, 4.69) is 5.32 Å². The average molecular weight is 372 g/mol. The van der Waals surface area contributed by atoms with Crippen molar-refractivity contribution in [3.8, 4) is 5.75 Å². The van der Waals surface area contributed by atoms with E-state index in [0.29, 0.717) is 38.0 Å². The van der Waals surface area contributed by atoms with Gasteiger partial charge < -0.3 is 20.1 Å². The predicted octanol–water partition coefficient (Wildman–Crippen LogP) is -0.374. The number of anilines is 1. The van der Waals surface area contributed by atoms with Gasteiger partial charge in [0.1, 0.15) is 10.6 Å². The van der Waals surface area contributed by atoms with Gasteiger partial charge in [-0.05, 0) is 32.0 Å². The third-order valence-electron chi connectivity index (χ3n) is 3.81. The monoisotopic (exact) mass is 372 g/mol. The molecule has 1 amide bonds. The van der Waals surface area contributed by atoms with E-state index < -0.39 is 10.0 Å². The van der Waals surface area contributed by atoms with Crippen molar-refractivity contribution in [2.75, 3.05) is 45.3 Å². The van der Waals surface area contributed by atoms with Crippen molar-refractivity contribution in [3.05, 3.63) is 18.2 Å². The van der Waals surface area contributed by atoms with Crippen molar-refractivity contribution in [1.29, 1.82) is 0 Å². The largest absolute Gasteiger partial charge is 0.495 e. The van der Waals surface area contributed by atoms with Gasteiger partial charge in [0, 0.05) is 18.8 Å². The quantitative estimate of drug-likeness (QED) is 0.680. The molecule has 0 radical (unpaired) electrons. The Kier molecular flexibility index (Phi) is 6.77. The zero-order valence-corrected chi connectivity index (χ0v) is 15.6. The summed E-state index contributed by atoms with van der Waals surface area (Å²) in [6.45, 7) is 5.58. The van der Waals surface area contributed by atoms with Gasteiger partial charge in [0.25, 0.3) is 5.91 Å². The average Bonchev–Trinajstić information content (AvgIpc) is 2.60. The molecule has 0 saturated carbocycles. The maximum absolute atomic E-state index is 12.9. The van der Waals surface area contributed by atoms with Gasteiger partial charge in [-0.2, -0.15) is 4.31 Å². The first-order valence-corrected chi connectivity index (χ1v) is 9.67. The number of carbonyl (C=O) groups excluding carboxylic acids is 1. The van der Waals surface area contributed by atoms with Crippen LogP contribution in [0.25, 0.3) is 0 Å². The lowest BCUT2D eigenvalue weighted by molar-refractivity contribution is -0.672. The molecule has 1 fully saturated rings. The number of hydrogen-bond donors (Lipinski definition) is 2. The fraction of sp³-hybridized carbons (Fsp3) is 0.562. The Hall–Kier alpha value is -1.68. The van der Waals surface area contributed by atoms with E-state index >= 15 is 0 Å². The number of nitrogens with two attached hydrogens (primary N) is 1. The summed E-state index contributed by atoms with van der Waals surface area (Å²) in [6, 6.07) is 4.93. The van der Waals surface area contributed by atoms with E-state index in [9.17, 15) is 13.2 Å². The third-order valence-corrected chi connectivity index (χ3v) is 5.73. The Morgan fingerprint density at radius 2 is 2.04 bits per heavy atom. The maximum atomic E-state index is 12.9. The molecule has 0 spiro atoms. The van der Waals surface area contributed by atoms with Crippen LogP contribution >= 0.6 is 0 Å². The Bertz CT molecular complexity index is 700. The lowest BCUT2D eigenvalue weighted by Crippen LogP contribution is -2.90. The Morgan fingerprint density at radius 1 is 1.36 bits per heavy atom. The highest BCUT2D eigenvalue weighted by Crippen LogP contribution is 2.30. The summed E-state index contributed by atoms with van der Waals surface area (Å²) in [6.07, 6.45) is 0. The number of carbonyl (C=O) groups is 1. The first kappa shape index (κ1) is 19.6. The number of ether oxygens (including phenoxy) is 2. The normalized spacial score (nSPS) is 16.0. The number of nitrogens with one attached hydrogen (secondary N) is 1. The topological polar surface area (TPSA) is 102 Å². The molecule has 1 aromatic carbocycles. The van der Waals surface area contributed by atoms with Crippen LogP contribution in [0.5, 0.6) is 5.75 Å². The van der Waals surface area contributed by atoms with Crippen molar-refractivity contribution in [2.24, 2.45) is 0 Å². The zero-order chi connectivity index (χ0) is 18.4. The molecule has 3 N–H and O–H groups in total. The van der Waals surface area contributed by atoms with E-state index in [0.717, 1.165) is 0 Å².